The molecule has 2 heterocycles. The molecule has 92 valence electrons. The van der Waals surface area contributed by atoms with Crippen LogP contribution in [0.15, 0.2) is 41.8 Å². The number of benzene rings is 1. The van der Waals surface area contributed by atoms with Crippen molar-refractivity contribution in [2.75, 3.05) is 18.0 Å². The van der Waals surface area contributed by atoms with E-state index < -0.39 is 0 Å². The molecule has 0 bridgehead atoms. The lowest BCUT2D eigenvalue weighted by Gasteiger charge is -2.16. The summed E-state index contributed by atoms with van der Waals surface area (Å²) >= 11 is 1.52. The molecule has 2 aromatic rings. The Morgan fingerprint density at radius 3 is 2.83 bits per heavy atom. The summed E-state index contributed by atoms with van der Waals surface area (Å²) < 4.78 is 0. The lowest BCUT2D eigenvalue weighted by Crippen LogP contribution is -2.18. The lowest BCUT2D eigenvalue weighted by molar-refractivity contribution is 0.112. The zero-order chi connectivity index (χ0) is 12.4. The van der Waals surface area contributed by atoms with Crippen LogP contribution in [0.4, 0.5) is 5.69 Å². The maximum absolute atomic E-state index is 10.7. The standard InChI is InChI=1S/C15H15NOS/c17-10-15-8-14(11-18-15)16-7-6-13(9-16)12-4-2-1-3-5-12/h1-5,8,10-11,13H,6-7,9H2. The largest absolute Gasteiger partial charge is 0.370 e. The van der Waals surface area contributed by atoms with Gasteiger partial charge in [0.2, 0.25) is 0 Å². The molecule has 18 heavy (non-hydrogen) atoms. The van der Waals surface area contributed by atoms with Crippen LogP contribution in [0.3, 0.4) is 0 Å². The third-order valence-electron chi connectivity index (χ3n) is 3.55. The summed E-state index contributed by atoms with van der Waals surface area (Å²) in [7, 11) is 0. The highest BCUT2D eigenvalue weighted by Gasteiger charge is 2.24. The SMILES string of the molecule is O=Cc1cc(N2CCC(c3ccccc3)C2)cs1. The Balaban J connectivity index is 1.73. The molecule has 0 N–H and O–H groups in total. The Morgan fingerprint density at radius 2 is 2.11 bits per heavy atom. The van der Waals surface area contributed by atoms with Gasteiger partial charge in [0, 0.05) is 30.1 Å². The van der Waals surface area contributed by atoms with Crippen LogP contribution in [-0.2, 0) is 0 Å². The molecule has 1 atom stereocenters. The van der Waals surface area contributed by atoms with Crippen molar-refractivity contribution in [3.63, 3.8) is 0 Å². The number of hydrogen-bond acceptors (Lipinski definition) is 3. The first-order valence-corrected chi connectivity index (χ1v) is 7.08. The van der Waals surface area contributed by atoms with Crippen LogP contribution in [0.1, 0.15) is 27.6 Å². The molecule has 1 fully saturated rings. The fourth-order valence-electron chi connectivity index (χ4n) is 2.56. The Bertz CT molecular complexity index is 534. The Hall–Kier alpha value is -1.61. The molecule has 1 unspecified atom stereocenters. The molecule has 1 aromatic carbocycles. The van der Waals surface area contributed by atoms with Crippen LogP contribution in [-0.4, -0.2) is 19.4 Å². The first-order chi connectivity index (χ1) is 8.86. The molecule has 0 amide bonds. The first kappa shape index (κ1) is 11.5. The molecule has 0 saturated carbocycles. The van der Waals surface area contributed by atoms with E-state index in [1.807, 2.05) is 6.07 Å². The summed E-state index contributed by atoms with van der Waals surface area (Å²) in [5.74, 6) is 0.616. The van der Waals surface area contributed by atoms with E-state index in [2.05, 4.69) is 40.6 Å². The maximum atomic E-state index is 10.7. The number of hydrogen-bond donors (Lipinski definition) is 0. The van der Waals surface area contributed by atoms with Gasteiger partial charge in [0.25, 0.3) is 0 Å². The summed E-state index contributed by atoms with van der Waals surface area (Å²) in [6, 6.07) is 12.7. The van der Waals surface area contributed by atoms with Gasteiger partial charge in [0.1, 0.15) is 0 Å². The minimum atomic E-state index is 0.616. The molecule has 1 saturated heterocycles. The number of rotatable bonds is 3. The van der Waals surface area contributed by atoms with E-state index in [0.29, 0.717) is 5.92 Å². The van der Waals surface area contributed by atoms with Crippen LogP contribution >= 0.6 is 11.3 Å². The van der Waals surface area contributed by atoms with Crippen molar-refractivity contribution >= 4 is 23.3 Å². The molecule has 0 radical (unpaired) electrons. The monoisotopic (exact) mass is 257 g/mol. The molecule has 1 aromatic heterocycles. The number of anilines is 1. The fourth-order valence-corrected chi connectivity index (χ4v) is 3.28. The van der Waals surface area contributed by atoms with Crippen LogP contribution in [0, 0.1) is 0 Å². The van der Waals surface area contributed by atoms with Crippen LogP contribution < -0.4 is 4.90 Å². The number of carbonyl (C=O) groups excluding carboxylic acids is 1. The van der Waals surface area contributed by atoms with Crippen molar-refractivity contribution in [2.45, 2.75) is 12.3 Å². The van der Waals surface area contributed by atoms with Crippen LogP contribution in [0.5, 0.6) is 0 Å². The van der Waals surface area contributed by atoms with E-state index in [0.717, 1.165) is 24.3 Å². The molecule has 2 nitrogen and oxygen atoms in total. The highest BCUT2D eigenvalue weighted by molar-refractivity contribution is 7.12. The Morgan fingerprint density at radius 1 is 1.28 bits per heavy atom. The topological polar surface area (TPSA) is 20.3 Å². The summed E-state index contributed by atoms with van der Waals surface area (Å²) in [5, 5.41) is 2.08. The van der Waals surface area contributed by atoms with Gasteiger partial charge in [-0.15, -0.1) is 11.3 Å². The minimum absolute atomic E-state index is 0.616. The van der Waals surface area contributed by atoms with Gasteiger partial charge in [-0.3, -0.25) is 4.79 Å². The quantitative estimate of drug-likeness (QED) is 0.784. The number of nitrogens with zero attached hydrogens (tertiary/aromatic N) is 1. The Labute approximate surface area is 111 Å². The molecular formula is C15H15NOS. The van der Waals surface area contributed by atoms with Gasteiger partial charge in [-0.1, -0.05) is 30.3 Å². The van der Waals surface area contributed by atoms with E-state index in [1.54, 1.807) is 0 Å². The predicted molar refractivity (Wildman–Crippen MR) is 75.7 cm³/mol. The van der Waals surface area contributed by atoms with Crippen molar-refractivity contribution in [2.24, 2.45) is 0 Å². The number of aldehydes is 1. The average Bonchev–Trinajstić information content (AvgIpc) is 3.08. The predicted octanol–water partition coefficient (Wildman–Crippen LogP) is 3.55. The van der Waals surface area contributed by atoms with Gasteiger partial charge in [-0.25, -0.2) is 0 Å². The van der Waals surface area contributed by atoms with Gasteiger partial charge in [-0.2, -0.15) is 0 Å². The smallest absolute Gasteiger partial charge is 0.160 e. The van der Waals surface area contributed by atoms with E-state index in [9.17, 15) is 4.79 Å². The van der Waals surface area contributed by atoms with Crippen molar-refractivity contribution in [1.82, 2.24) is 0 Å². The molecular weight excluding hydrogens is 242 g/mol. The molecule has 1 aliphatic rings. The van der Waals surface area contributed by atoms with E-state index in [4.69, 9.17) is 0 Å². The molecule has 0 spiro atoms. The van der Waals surface area contributed by atoms with E-state index in [-0.39, 0.29) is 0 Å². The lowest BCUT2D eigenvalue weighted by atomic mass is 9.99. The van der Waals surface area contributed by atoms with Crippen molar-refractivity contribution < 1.29 is 4.79 Å². The van der Waals surface area contributed by atoms with Gasteiger partial charge < -0.3 is 4.90 Å². The fraction of sp³-hybridized carbons (Fsp3) is 0.267. The van der Waals surface area contributed by atoms with Crippen LogP contribution in [0.2, 0.25) is 0 Å². The van der Waals surface area contributed by atoms with Crippen molar-refractivity contribution in [3.05, 3.63) is 52.2 Å². The van der Waals surface area contributed by atoms with E-state index in [1.165, 1.54) is 29.0 Å². The highest BCUT2D eigenvalue weighted by Crippen LogP contribution is 2.32. The summed E-state index contributed by atoms with van der Waals surface area (Å²) in [4.78, 5) is 13.9. The second-order valence-electron chi connectivity index (χ2n) is 4.67. The molecule has 3 heteroatoms. The Kier molecular flexibility index (Phi) is 3.15. The molecule has 3 rings (SSSR count). The van der Waals surface area contributed by atoms with Gasteiger partial charge in [-0.05, 0) is 18.1 Å². The third kappa shape index (κ3) is 2.18. The second-order valence-corrected chi connectivity index (χ2v) is 5.61. The highest BCUT2D eigenvalue weighted by atomic mass is 32.1. The number of thiophene rings is 1. The van der Waals surface area contributed by atoms with Gasteiger partial charge in [0.05, 0.1) is 4.88 Å². The molecule has 0 aliphatic carbocycles. The molecule has 1 aliphatic heterocycles. The van der Waals surface area contributed by atoms with Gasteiger partial charge in [0.15, 0.2) is 6.29 Å². The van der Waals surface area contributed by atoms with Crippen molar-refractivity contribution in [1.29, 1.82) is 0 Å². The first-order valence-electron chi connectivity index (χ1n) is 6.20. The summed E-state index contributed by atoms with van der Waals surface area (Å²) in [5.41, 5.74) is 2.62. The average molecular weight is 257 g/mol. The van der Waals surface area contributed by atoms with Crippen molar-refractivity contribution in [3.8, 4) is 0 Å². The second kappa shape index (κ2) is 4.94. The third-order valence-corrected chi connectivity index (χ3v) is 4.39. The zero-order valence-electron chi connectivity index (χ0n) is 10.1. The number of carbonyl (C=O) groups is 1. The van der Waals surface area contributed by atoms with E-state index >= 15 is 0 Å². The zero-order valence-corrected chi connectivity index (χ0v) is 10.9. The normalized spacial score (nSPS) is 19.1. The van der Waals surface area contributed by atoms with Gasteiger partial charge >= 0.3 is 0 Å². The maximum Gasteiger partial charge on any atom is 0.160 e. The minimum Gasteiger partial charge on any atom is -0.370 e. The summed E-state index contributed by atoms with van der Waals surface area (Å²) in [6.07, 6.45) is 2.12. The summed E-state index contributed by atoms with van der Waals surface area (Å²) in [6.45, 7) is 2.13. The van der Waals surface area contributed by atoms with Crippen LogP contribution in [0.25, 0.3) is 0 Å².